The van der Waals surface area contributed by atoms with Crippen LogP contribution >= 0.6 is 0 Å². The third-order valence-corrected chi connectivity index (χ3v) is 6.62. The molecule has 0 N–H and O–H groups in total. The van der Waals surface area contributed by atoms with E-state index in [2.05, 4.69) is 37.5 Å². The lowest BCUT2D eigenvalue weighted by Crippen LogP contribution is -2.07. The van der Waals surface area contributed by atoms with Gasteiger partial charge in [-0.05, 0) is 73.2 Å². The predicted molar refractivity (Wildman–Crippen MR) is 163 cm³/mol. The summed E-state index contributed by atoms with van der Waals surface area (Å²) in [5.74, 6) is 12.4. The van der Waals surface area contributed by atoms with Crippen molar-refractivity contribution in [2.45, 2.75) is 117 Å². The van der Waals surface area contributed by atoms with E-state index in [0.29, 0.717) is 24.3 Å². The minimum Gasteiger partial charge on any atom is -0.427 e. The van der Waals surface area contributed by atoms with Crippen LogP contribution in [0, 0.1) is 23.7 Å². The van der Waals surface area contributed by atoms with Gasteiger partial charge in [-0.1, -0.05) is 103 Å². The molecule has 0 radical (unpaired) electrons. The van der Waals surface area contributed by atoms with Gasteiger partial charge in [0.15, 0.2) is 0 Å². The molecule has 0 heterocycles. The molecule has 0 saturated heterocycles. The van der Waals surface area contributed by atoms with Crippen LogP contribution in [0.1, 0.15) is 128 Å². The fourth-order valence-corrected chi connectivity index (χ4v) is 4.24. The standard InChI is InChI=1S/C36H46O4/c1-3-5-7-9-11-13-15-21-35(37)39-33-27-23-31(24-28-33)19-17-18-20-32-25-29-34(30-26-32)40-36(38)22-16-14-12-10-8-6-4-2/h23-30H,3-16,21-22H2,1-2H3. The van der Waals surface area contributed by atoms with Crippen LogP contribution in [0.5, 0.6) is 11.5 Å². The quantitative estimate of drug-likeness (QED) is 0.0815. The summed E-state index contributed by atoms with van der Waals surface area (Å²) in [6.07, 6.45) is 17.3. The molecule has 0 aliphatic rings. The number of unbranched alkanes of at least 4 members (excludes halogenated alkanes) is 12. The SMILES string of the molecule is CCCCCCCCCC(=O)Oc1ccc(C#CC#Cc2ccc(OC(=O)CCCCCCCCC)cc2)cc1. The molecule has 0 atom stereocenters. The van der Waals surface area contributed by atoms with Crippen LogP contribution in [0.15, 0.2) is 48.5 Å². The first kappa shape index (κ1) is 32.7. The number of esters is 2. The van der Waals surface area contributed by atoms with Crippen molar-refractivity contribution in [2.24, 2.45) is 0 Å². The molecule has 2 aromatic carbocycles. The third kappa shape index (κ3) is 15.8. The Balaban J connectivity index is 1.67. The van der Waals surface area contributed by atoms with Crippen LogP contribution in [0.3, 0.4) is 0 Å². The van der Waals surface area contributed by atoms with E-state index in [9.17, 15) is 9.59 Å². The second kappa shape index (κ2) is 21.3. The lowest BCUT2D eigenvalue weighted by Gasteiger charge is -2.04. The molecule has 2 aromatic rings. The predicted octanol–water partition coefficient (Wildman–Crippen LogP) is 9.18. The molecular formula is C36H46O4. The molecular weight excluding hydrogens is 496 g/mol. The Labute approximate surface area is 242 Å². The van der Waals surface area contributed by atoms with E-state index in [0.717, 1.165) is 36.8 Å². The first-order valence-electron chi connectivity index (χ1n) is 15.2. The molecule has 0 bridgehead atoms. The Morgan fingerprint density at radius 2 is 0.825 bits per heavy atom. The van der Waals surface area contributed by atoms with Gasteiger partial charge in [0.05, 0.1) is 0 Å². The van der Waals surface area contributed by atoms with Crippen molar-refractivity contribution in [3.05, 3.63) is 59.7 Å². The number of carbonyl (C=O) groups excluding carboxylic acids is 2. The molecule has 0 aliphatic carbocycles. The summed E-state index contributed by atoms with van der Waals surface area (Å²) in [5.41, 5.74) is 1.59. The van der Waals surface area contributed by atoms with Crippen molar-refractivity contribution >= 4 is 11.9 Å². The van der Waals surface area contributed by atoms with Gasteiger partial charge in [0.2, 0.25) is 0 Å². The van der Waals surface area contributed by atoms with Crippen LogP contribution < -0.4 is 9.47 Å². The Hall–Kier alpha value is -3.50. The summed E-state index contributed by atoms with van der Waals surface area (Å²) in [7, 11) is 0. The van der Waals surface area contributed by atoms with Crippen LogP contribution in [-0.4, -0.2) is 11.9 Å². The van der Waals surface area contributed by atoms with Crippen molar-refractivity contribution in [2.75, 3.05) is 0 Å². The van der Waals surface area contributed by atoms with E-state index in [1.54, 1.807) is 24.3 Å². The molecule has 4 nitrogen and oxygen atoms in total. The normalized spacial score (nSPS) is 10.2. The average molecular weight is 543 g/mol. The smallest absolute Gasteiger partial charge is 0.311 e. The van der Waals surface area contributed by atoms with E-state index in [1.807, 2.05) is 24.3 Å². The van der Waals surface area contributed by atoms with Gasteiger partial charge in [0.1, 0.15) is 11.5 Å². The van der Waals surface area contributed by atoms with Gasteiger partial charge in [-0.2, -0.15) is 0 Å². The van der Waals surface area contributed by atoms with E-state index >= 15 is 0 Å². The Kier molecular flexibility index (Phi) is 17.4. The average Bonchev–Trinajstić information content (AvgIpc) is 2.96. The topological polar surface area (TPSA) is 52.6 Å². The highest BCUT2D eigenvalue weighted by molar-refractivity contribution is 5.72. The first-order valence-corrected chi connectivity index (χ1v) is 15.2. The van der Waals surface area contributed by atoms with Gasteiger partial charge >= 0.3 is 11.9 Å². The first-order chi connectivity index (χ1) is 19.6. The van der Waals surface area contributed by atoms with Crippen molar-refractivity contribution in [1.82, 2.24) is 0 Å². The molecule has 0 fully saturated rings. The molecule has 0 aliphatic heterocycles. The van der Waals surface area contributed by atoms with Crippen LogP contribution in [0.2, 0.25) is 0 Å². The Bertz CT molecular complexity index is 1020. The Morgan fingerprint density at radius 1 is 0.500 bits per heavy atom. The summed E-state index contributed by atoms with van der Waals surface area (Å²) in [5, 5.41) is 0. The number of ether oxygens (including phenoxy) is 2. The molecule has 4 heteroatoms. The highest BCUT2D eigenvalue weighted by Crippen LogP contribution is 2.15. The minimum atomic E-state index is -0.188. The van der Waals surface area contributed by atoms with Crippen LogP contribution in [0.25, 0.3) is 0 Å². The summed E-state index contributed by atoms with van der Waals surface area (Å²) in [6.45, 7) is 4.43. The fraction of sp³-hybridized carbons (Fsp3) is 0.500. The van der Waals surface area contributed by atoms with Gasteiger partial charge in [-0.15, -0.1) is 0 Å². The number of hydrogen-bond donors (Lipinski definition) is 0. The molecule has 40 heavy (non-hydrogen) atoms. The summed E-state index contributed by atoms with van der Waals surface area (Å²) in [6, 6.07) is 14.3. The second-order valence-electron chi connectivity index (χ2n) is 10.2. The summed E-state index contributed by atoms with van der Waals surface area (Å²) in [4.78, 5) is 24.1. The number of carbonyl (C=O) groups is 2. The maximum Gasteiger partial charge on any atom is 0.311 e. The second-order valence-corrected chi connectivity index (χ2v) is 10.2. The molecule has 214 valence electrons. The van der Waals surface area contributed by atoms with Crippen molar-refractivity contribution < 1.29 is 19.1 Å². The van der Waals surface area contributed by atoms with E-state index in [4.69, 9.17) is 9.47 Å². The zero-order valence-corrected chi connectivity index (χ0v) is 24.6. The molecule has 0 aromatic heterocycles. The maximum absolute atomic E-state index is 12.0. The van der Waals surface area contributed by atoms with Gasteiger partial charge < -0.3 is 9.47 Å². The highest BCUT2D eigenvalue weighted by Gasteiger charge is 2.06. The van der Waals surface area contributed by atoms with Crippen molar-refractivity contribution in [3.8, 4) is 35.2 Å². The van der Waals surface area contributed by atoms with E-state index in [-0.39, 0.29) is 11.9 Å². The summed E-state index contributed by atoms with van der Waals surface area (Å²) >= 11 is 0. The zero-order chi connectivity index (χ0) is 28.7. The zero-order valence-electron chi connectivity index (χ0n) is 24.6. The lowest BCUT2D eigenvalue weighted by molar-refractivity contribution is -0.135. The largest absolute Gasteiger partial charge is 0.427 e. The van der Waals surface area contributed by atoms with Gasteiger partial charge in [0.25, 0.3) is 0 Å². The maximum atomic E-state index is 12.0. The van der Waals surface area contributed by atoms with E-state index in [1.165, 1.54) is 64.2 Å². The fourth-order valence-electron chi connectivity index (χ4n) is 4.24. The third-order valence-electron chi connectivity index (χ3n) is 6.62. The number of hydrogen-bond acceptors (Lipinski definition) is 4. The van der Waals surface area contributed by atoms with Gasteiger partial charge in [0, 0.05) is 24.0 Å². The van der Waals surface area contributed by atoms with E-state index < -0.39 is 0 Å². The molecule has 0 saturated carbocycles. The Morgan fingerprint density at radius 3 is 1.18 bits per heavy atom. The van der Waals surface area contributed by atoms with Gasteiger partial charge in [-0.25, -0.2) is 0 Å². The van der Waals surface area contributed by atoms with Crippen molar-refractivity contribution in [1.29, 1.82) is 0 Å². The van der Waals surface area contributed by atoms with Gasteiger partial charge in [-0.3, -0.25) is 9.59 Å². The molecule has 0 unspecified atom stereocenters. The monoisotopic (exact) mass is 542 g/mol. The highest BCUT2D eigenvalue weighted by atomic mass is 16.5. The summed E-state index contributed by atoms with van der Waals surface area (Å²) < 4.78 is 10.9. The lowest BCUT2D eigenvalue weighted by atomic mass is 10.1. The molecule has 2 rings (SSSR count). The van der Waals surface area contributed by atoms with Crippen LogP contribution in [0.4, 0.5) is 0 Å². The molecule has 0 amide bonds. The number of rotatable bonds is 18. The minimum absolute atomic E-state index is 0.188. The van der Waals surface area contributed by atoms with Crippen molar-refractivity contribution in [3.63, 3.8) is 0 Å². The number of benzene rings is 2. The van der Waals surface area contributed by atoms with Crippen LogP contribution in [-0.2, 0) is 9.59 Å². The molecule has 0 spiro atoms.